The Bertz CT molecular complexity index is 621. The Morgan fingerprint density at radius 2 is 1.43 bits per heavy atom. The largest absolute Gasteiger partial charge is 0.480 e. The van der Waals surface area contributed by atoms with Crippen LogP contribution in [-0.2, 0) is 24.0 Å². The minimum atomic E-state index is -1.53. The Morgan fingerprint density at radius 3 is 1.90 bits per heavy atom. The van der Waals surface area contributed by atoms with Gasteiger partial charge in [0.1, 0.15) is 18.1 Å². The number of carboxylic acids is 1. The van der Waals surface area contributed by atoms with E-state index in [4.69, 9.17) is 17.2 Å². The minimum absolute atomic E-state index is 0.0286. The van der Waals surface area contributed by atoms with Gasteiger partial charge in [-0.1, -0.05) is 0 Å². The molecule has 4 amide bonds. The second kappa shape index (κ2) is 14.5. The molecule has 172 valence electrons. The molecule has 0 rings (SSSR count). The van der Waals surface area contributed by atoms with Crippen LogP contribution in [0.15, 0.2) is 0 Å². The van der Waals surface area contributed by atoms with E-state index >= 15 is 0 Å². The Labute approximate surface area is 178 Å². The van der Waals surface area contributed by atoms with Gasteiger partial charge in [-0.25, -0.2) is 4.79 Å². The molecule has 0 aromatic rings. The van der Waals surface area contributed by atoms with Crippen LogP contribution in [0.3, 0.4) is 0 Å². The molecule has 0 heterocycles. The van der Waals surface area contributed by atoms with Crippen LogP contribution < -0.4 is 33.2 Å². The van der Waals surface area contributed by atoms with Crippen LogP contribution in [0.5, 0.6) is 0 Å². The number of aliphatic hydroxyl groups is 1. The second-order valence-corrected chi connectivity index (χ2v) is 6.81. The standard InChI is InChI=1S/C16H30N6O7S/c17-4-2-1-3-9(16(28)29)20-15(27)11(6-23)22-14(26)10(5-12(19)24)21-13(25)8(18)7-30/h8-11,23,30H,1-7,17-18H2,(H2,19,24)(H,20,27)(H,21,25)(H,22,26)(H,28,29). The van der Waals surface area contributed by atoms with Gasteiger partial charge in [-0.3, -0.25) is 19.2 Å². The molecule has 0 aliphatic heterocycles. The molecule has 0 aliphatic rings. The molecule has 0 fully saturated rings. The Morgan fingerprint density at radius 1 is 0.900 bits per heavy atom. The highest BCUT2D eigenvalue weighted by atomic mass is 32.1. The molecule has 13 nitrogen and oxygen atoms in total. The number of carbonyl (C=O) groups is 5. The number of nitrogens with one attached hydrogen (secondary N) is 3. The summed E-state index contributed by atoms with van der Waals surface area (Å²) in [7, 11) is 0. The first kappa shape index (κ1) is 27.6. The second-order valence-electron chi connectivity index (χ2n) is 6.45. The summed E-state index contributed by atoms with van der Waals surface area (Å²) in [4.78, 5) is 59.1. The monoisotopic (exact) mass is 450 g/mol. The molecule has 0 spiro atoms. The van der Waals surface area contributed by atoms with Crippen LogP contribution in [0.4, 0.5) is 0 Å². The third-order valence-electron chi connectivity index (χ3n) is 3.95. The van der Waals surface area contributed by atoms with Gasteiger partial charge >= 0.3 is 5.97 Å². The van der Waals surface area contributed by atoms with Crippen LogP contribution in [0, 0.1) is 0 Å². The first-order chi connectivity index (χ1) is 14.1. The van der Waals surface area contributed by atoms with Gasteiger partial charge in [0.25, 0.3) is 0 Å². The number of aliphatic carboxylic acids is 1. The molecule has 14 heteroatoms. The Balaban J connectivity index is 5.14. The highest BCUT2D eigenvalue weighted by molar-refractivity contribution is 7.80. The molecule has 4 unspecified atom stereocenters. The maximum Gasteiger partial charge on any atom is 0.326 e. The summed E-state index contributed by atoms with van der Waals surface area (Å²) in [6.07, 6.45) is 0.518. The first-order valence-electron chi connectivity index (χ1n) is 9.16. The highest BCUT2D eigenvalue weighted by Gasteiger charge is 2.30. The van der Waals surface area contributed by atoms with Crippen LogP contribution in [0.25, 0.3) is 0 Å². The molecule has 0 aromatic heterocycles. The molecular weight excluding hydrogens is 420 g/mol. The topological polar surface area (TPSA) is 240 Å². The Hall–Kier alpha value is -2.42. The van der Waals surface area contributed by atoms with E-state index in [1.807, 2.05) is 0 Å². The lowest BCUT2D eigenvalue weighted by molar-refractivity contribution is -0.143. The highest BCUT2D eigenvalue weighted by Crippen LogP contribution is 2.02. The van der Waals surface area contributed by atoms with E-state index in [9.17, 15) is 34.2 Å². The van der Waals surface area contributed by atoms with E-state index < -0.39 is 66.8 Å². The van der Waals surface area contributed by atoms with E-state index in [0.717, 1.165) is 0 Å². The predicted octanol–water partition coefficient (Wildman–Crippen LogP) is -4.22. The van der Waals surface area contributed by atoms with Crippen molar-refractivity contribution in [3.05, 3.63) is 0 Å². The fourth-order valence-corrected chi connectivity index (χ4v) is 2.43. The molecule has 0 saturated heterocycles. The maximum atomic E-state index is 12.4. The molecule has 30 heavy (non-hydrogen) atoms. The van der Waals surface area contributed by atoms with Crippen molar-refractivity contribution in [3.63, 3.8) is 0 Å². The number of hydrogen-bond acceptors (Lipinski definition) is 9. The zero-order valence-electron chi connectivity index (χ0n) is 16.4. The van der Waals surface area contributed by atoms with Gasteiger partial charge < -0.3 is 43.4 Å². The molecular formula is C16H30N6O7S. The molecule has 0 bridgehead atoms. The number of unbranched alkanes of at least 4 members (excludes halogenated alkanes) is 1. The van der Waals surface area contributed by atoms with Gasteiger partial charge in [0.05, 0.1) is 19.1 Å². The third-order valence-corrected chi connectivity index (χ3v) is 4.34. The molecule has 4 atom stereocenters. The van der Waals surface area contributed by atoms with Crippen molar-refractivity contribution < 1.29 is 34.2 Å². The van der Waals surface area contributed by atoms with E-state index in [1.165, 1.54) is 0 Å². The zero-order valence-corrected chi connectivity index (χ0v) is 17.3. The number of carboxylic acid groups (broad SMARTS) is 1. The molecule has 0 radical (unpaired) electrons. The fourth-order valence-electron chi connectivity index (χ4n) is 2.26. The van der Waals surface area contributed by atoms with Gasteiger partial charge in [0.2, 0.25) is 23.6 Å². The zero-order chi connectivity index (χ0) is 23.3. The summed E-state index contributed by atoms with van der Waals surface area (Å²) in [6, 6.07) is -5.29. The smallest absolute Gasteiger partial charge is 0.326 e. The average molecular weight is 451 g/mol. The summed E-state index contributed by atoms with van der Waals surface area (Å²) < 4.78 is 0. The lowest BCUT2D eigenvalue weighted by Gasteiger charge is -2.23. The number of primary amides is 1. The van der Waals surface area contributed by atoms with Crippen molar-refractivity contribution in [2.75, 3.05) is 18.9 Å². The first-order valence-corrected chi connectivity index (χ1v) is 9.80. The van der Waals surface area contributed by atoms with Gasteiger partial charge in [0, 0.05) is 5.75 Å². The van der Waals surface area contributed by atoms with Crippen LogP contribution >= 0.6 is 12.6 Å². The number of nitrogens with two attached hydrogens (primary N) is 3. The minimum Gasteiger partial charge on any atom is -0.480 e. The maximum absolute atomic E-state index is 12.4. The van der Waals surface area contributed by atoms with Gasteiger partial charge in [0.15, 0.2) is 0 Å². The van der Waals surface area contributed by atoms with E-state index in [2.05, 4.69) is 28.6 Å². The third kappa shape index (κ3) is 10.4. The lowest BCUT2D eigenvalue weighted by atomic mass is 10.1. The number of hydrogen-bond donors (Lipinski definition) is 9. The molecule has 0 aliphatic carbocycles. The number of amides is 4. The molecule has 0 saturated carbocycles. The number of carbonyl (C=O) groups excluding carboxylic acids is 4. The summed E-state index contributed by atoms with van der Waals surface area (Å²) in [5.74, 6) is -4.95. The van der Waals surface area contributed by atoms with Crippen molar-refractivity contribution in [1.29, 1.82) is 0 Å². The van der Waals surface area contributed by atoms with Crippen molar-refractivity contribution >= 4 is 42.2 Å². The number of aliphatic hydroxyl groups excluding tert-OH is 1. The van der Waals surface area contributed by atoms with Crippen molar-refractivity contribution in [3.8, 4) is 0 Å². The SMILES string of the molecule is NCCCCC(NC(=O)C(CO)NC(=O)C(CC(N)=O)NC(=O)C(N)CS)C(=O)O. The van der Waals surface area contributed by atoms with E-state index in [-0.39, 0.29) is 12.2 Å². The van der Waals surface area contributed by atoms with Crippen LogP contribution in [0.2, 0.25) is 0 Å². The van der Waals surface area contributed by atoms with E-state index in [0.29, 0.717) is 19.4 Å². The summed E-state index contributed by atoms with van der Waals surface area (Å²) in [5.41, 5.74) is 15.9. The van der Waals surface area contributed by atoms with Crippen molar-refractivity contribution in [2.24, 2.45) is 17.2 Å². The summed E-state index contributed by atoms with van der Waals surface area (Å²) >= 11 is 3.86. The van der Waals surface area contributed by atoms with E-state index in [1.54, 1.807) is 0 Å². The fraction of sp³-hybridized carbons (Fsp3) is 0.688. The van der Waals surface area contributed by atoms with Crippen LogP contribution in [-0.4, -0.2) is 82.9 Å². The lowest BCUT2D eigenvalue weighted by Crippen LogP contribution is -2.58. The predicted molar refractivity (Wildman–Crippen MR) is 109 cm³/mol. The molecule has 0 aromatic carbocycles. The van der Waals surface area contributed by atoms with Crippen LogP contribution in [0.1, 0.15) is 25.7 Å². The summed E-state index contributed by atoms with van der Waals surface area (Å²) in [5, 5.41) is 25.2. The van der Waals surface area contributed by atoms with Crippen molar-refractivity contribution in [1.82, 2.24) is 16.0 Å². The van der Waals surface area contributed by atoms with Gasteiger partial charge in [-0.15, -0.1) is 0 Å². The number of rotatable bonds is 15. The summed E-state index contributed by atoms with van der Waals surface area (Å²) in [6.45, 7) is -0.500. The Kier molecular flexibility index (Phi) is 13.4. The quantitative estimate of drug-likeness (QED) is 0.0866. The molecule has 11 N–H and O–H groups in total. The van der Waals surface area contributed by atoms with Gasteiger partial charge in [-0.2, -0.15) is 12.6 Å². The average Bonchev–Trinajstić information content (AvgIpc) is 2.69. The van der Waals surface area contributed by atoms with Gasteiger partial charge in [-0.05, 0) is 25.8 Å². The number of thiol groups is 1. The normalized spacial score (nSPS) is 14.7. The van der Waals surface area contributed by atoms with Crippen molar-refractivity contribution in [2.45, 2.75) is 49.9 Å².